The second-order valence-corrected chi connectivity index (χ2v) is 3.78. The molecule has 0 radical (unpaired) electrons. The minimum atomic E-state index is -0.913. The lowest BCUT2D eigenvalue weighted by molar-refractivity contribution is -0.136. The summed E-state index contributed by atoms with van der Waals surface area (Å²) in [6.07, 6.45) is 1.65. The highest BCUT2D eigenvalue weighted by Crippen LogP contribution is 2.24. The van der Waals surface area contributed by atoms with Gasteiger partial charge in [0.05, 0.1) is 12.1 Å². The maximum Gasteiger partial charge on any atom is 0.309 e. The van der Waals surface area contributed by atoms with E-state index in [0.717, 1.165) is 11.1 Å². The van der Waals surface area contributed by atoms with Crippen molar-refractivity contribution in [1.29, 1.82) is 0 Å². The van der Waals surface area contributed by atoms with Gasteiger partial charge >= 0.3 is 5.97 Å². The lowest BCUT2D eigenvalue weighted by Gasteiger charge is -2.00. The van der Waals surface area contributed by atoms with Crippen molar-refractivity contribution in [3.8, 4) is 16.9 Å². The minimum Gasteiger partial charge on any atom is -0.508 e. The molecule has 0 bridgehead atoms. The zero-order valence-corrected chi connectivity index (χ0v) is 9.29. The Balaban J connectivity index is 2.43. The molecule has 0 aliphatic heterocycles. The van der Waals surface area contributed by atoms with E-state index >= 15 is 0 Å². The normalized spacial score (nSPS) is 10.4. The van der Waals surface area contributed by atoms with Gasteiger partial charge in [0.1, 0.15) is 5.75 Å². The standard InChI is InChI=1S/C12H12N2O3/c1-14-7-10(11(13-14)6-12(16)17)8-2-4-9(15)5-3-8/h2-5,7,15H,6H2,1H3,(H,16,17). The number of carboxylic acids is 1. The molecule has 0 aliphatic rings. The van der Waals surface area contributed by atoms with E-state index in [1.54, 1.807) is 42.2 Å². The van der Waals surface area contributed by atoms with Crippen LogP contribution in [0.2, 0.25) is 0 Å². The summed E-state index contributed by atoms with van der Waals surface area (Å²) in [6.45, 7) is 0. The average molecular weight is 232 g/mol. The molecule has 0 saturated heterocycles. The minimum absolute atomic E-state index is 0.114. The molecule has 88 valence electrons. The Morgan fingerprint density at radius 2 is 2.00 bits per heavy atom. The number of carboxylic acid groups (broad SMARTS) is 1. The van der Waals surface area contributed by atoms with Gasteiger partial charge in [-0.1, -0.05) is 12.1 Å². The Bertz CT molecular complexity index is 543. The molecule has 0 saturated carbocycles. The quantitative estimate of drug-likeness (QED) is 0.839. The van der Waals surface area contributed by atoms with Crippen molar-refractivity contribution in [2.45, 2.75) is 6.42 Å². The van der Waals surface area contributed by atoms with Crippen molar-refractivity contribution in [3.63, 3.8) is 0 Å². The first-order valence-electron chi connectivity index (χ1n) is 5.10. The van der Waals surface area contributed by atoms with Gasteiger partial charge < -0.3 is 10.2 Å². The molecule has 2 N–H and O–H groups in total. The van der Waals surface area contributed by atoms with Crippen LogP contribution in [0.5, 0.6) is 5.75 Å². The number of rotatable bonds is 3. The van der Waals surface area contributed by atoms with Crippen LogP contribution >= 0.6 is 0 Å². The van der Waals surface area contributed by atoms with Crippen LogP contribution in [0, 0.1) is 0 Å². The Morgan fingerprint density at radius 3 is 2.59 bits per heavy atom. The SMILES string of the molecule is Cn1cc(-c2ccc(O)cc2)c(CC(=O)O)n1. The van der Waals surface area contributed by atoms with Gasteiger partial charge in [-0.25, -0.2) is 0 Å². The molecule has 2 rings (SSSR count). The van der Waals surface area contributed by atoms with Gasteiger partial charge in [-0.05, 0) is 17.7 Å². The molecular formula is C12H12N2O3. The molecule has 0 unspecified atom stereocenters. The fraction of sp³-hybridized carbons (Fsp3) is 0.167. The highest BCUT2D eigenvalue weighted by atomic mass is 16.4. The van der Waals surface area contributed by atoms with Crippen molar-refractivity contribution < 1.29 is 15.0 Å². The summed E-state index contributed by atoms with van der Waals surface area (Å²) in [5, 5.41) is 22.1. The van der Waals surface area contributed by atoms with Gasteiger partial charge in [0.15, 0.2) is 0 Å². The molecule has 1 aromatic heterocycles. The topological polar surface area (TPSA) is 75.4 Å². The van der Waals surface area contributed by atoms with Crippen molar-refractivity contribution in [3.05, 3.63) is 36.2 Å². The van der Waals surface area contributed by atoms with E-state index in [2.05, 4.69) is 5.10 Å². The molecule has 1 heterocycles. The predicted octanol–water partition coefficient (Wildman–Crippen LogP) is 1.42. The van der Waals surface area contributed by atoms with Gasteiger partial charge in [-0.2, -0.15) is 5.10 Å². The second-order valence-electron chi connectivity index (χ2n) is 3.78. The molecule has 1 aromatic carbocycles. The average Bonchev–Trinajstić information content (AvgIpc) is 2.59. The van der Waals surface area contributed by atoms with Gasteiger partial charge in [-0.3, -0.25) is 9.48 Å². The number of carbonyl (C=O) groups is 1. The number of nitrogens with zero attached hydrogens (tertiary/aromatic N) is 2. The Morgan fingerprint density at radius 1 is 1.35 bits per heavy atom. The van der Waals surface area contributed by atoms with Crippen LogP contribution in [0.4, 0.5) is 0 Å². The maximum atomic E-state index is 10.7. The molecule has 2 aromatic rings. The predicted molar refractivity (Wildman–Crippen MR) is 61.6 cm³/mol. The van der Waals surface area contributed by atoms with Gasteiger partial charge in [0, 0.05) is 18.8 Å². The molecule has 0 atom stereocenters. The third-order valence-corrected chi connectivity index (χ3v) is 2.40. The highest BCUT2D eigenvalue weighted by molar-refractivity contribution is 5.75. The molecule has 0 fully saturated rings. The molecule has 5 heteroatoms. The van der Waals surface area contributed by atoms with Gasteiger partial charge in [-0.15, -0.1) is 0 Å². The molecule has 0 spiro atoms. The van der Waals surface area contributed by atoms with Crippen LogP contribution in [-0.4, -0.2) is 26.0 Å². The lowest BCUT2D eigenvalue weighted by atomic mass is 10.1. The van der Waals surface area contributed by atoms with Gasteiger partial charge in [0.2, 0.25) is 0 Å². The van der Waals surface area contributed by atoms with E-state index in [4.69, 9.17) is 5.11 Å². The summed E-state index contributed by atoms with van der Waals surface area (Å²) in [5.41, 5.74) is 2.13. The smallest absolute Gasteiger partial charge is 0.309 e. The van der Waals surface area contributed by atoms with Crippen molar-refractivity contribution in [2.24, 2.45) is 7.05 Å². The van der Waals surface area contributed by atoms with E-state index in [9.17, 15) is 9.90 Å². The number of aromatic hydroxyl groups is 1. The summed E-state index contributed by atoms with van der Waals surface area (Å²) in [7, 11) is 1.75. The monoisotopic (exact) mass is 232 g/mol. The number of phenolic OH excluding ortho intramolecular Hbond substituents is 1. The highest BCUT2D eigenvalue weighted by Gasteiger charge is 2.12. The largest absolute Gasteiger partial charge is 0.508 e. The number of aromatic nitrogens is 2. The van der Waals surface area contributed by atoms with Gasteiger partial charge in [0.25, 0.3) is 0 Å². The van der Waals surface area contributed by atoms with E-state index < -0.39 is 5.97 Å². The number of hydrogen-bond acceptors (Lipinski definition) is 3. The summed E-state index contributed by atoms with van der Waals surface area (Å²) < 4.78 is 1.58. The van der Waals surface area contributed by atoms with Crippen molar-refractivity contribution in [1.82, 2.24) is 9.78 Å². The molecule has 5 nitrogen and oxygen atoms in total. The number of phenols is 1. The Hall–Kier alpha value is -2.30. The molecule has 17 heavy (non-hydrogen) atoms. The number of hydrogen-bond donors (Lipinski definition) is 2. The lowest BCUT2D eigenvalue weighted by Crippen LogP contribution is -2.02. The zero-order valence-electron chi connectivity index (χ0n) is 9.29. The molecular weight excluding hydrogens is 220 g/mol. The maximum absolute atomic E-state index is 10.7. The molecule has 0 aliphatic carbocycles. The van der Waals surface area contributed by atoms with E-state index in [-0.39, 0.29) is 12.2 Å². The zero-order chi connectivity index (χ0) is 12.4. The molecule has 0 amide bonds. The summed E-state index contributed by atoms with van der Waals surface area (Å²) in [6, 6.07) is 6.59. The first kappa shape index (κ1) is 11.2. The summed E-state index contributed by atoms with van der Waals surface area (Å²) >= 11 is 0. The number of aliphatic carboxylic acids is 1. The fourth-order valence-corrected chi connectivity index (χ4v) is 1.69. The van der Waals surface area contributed by atoms with E-state index in [0.29, 0.717) is 5.69 Å². The second kappa shape index (κ2) is 4.29. The van der Waals surface area contributed by atoms with Crippen LogP contribution in [0.15, 0.2) is 30.5 Å². The van der Waals surface area contributed by atoms with E-state index in [1.807, 2.05) is 0 Å². The number of benzene rings is 1. The van der Waals surface area contributed by atoms with Crippen LogP contribution < -0.4 is 0 Å². The first-order chi connectivity index (χ1) is 8.06. The van der Waals surface area contributed by atoms with Crippen LogP contribution in [-0.2, 0) is 18.3 Å². The first-order valence-corrected chi connectivity index (χ1v) is 5.10. The summed E-state index contributed by atoms with van der Waals surface area (Å²) in [5.74, 6) is -0.735. The Kier molecular flexibility index (Phi) is 2.82. The van der Waals surface area contributed by atoms with E-state index in [1.165, 1.54) is 0 Å². The van der Waals surface area contributed by atoms with Crippen LogP contribution in [0.1, 0.15) is 5.69 Å². The third kappa shape index (κ3) is 2.44. The van der Waals surface area contributed by atoms with Crippen molar-refractivity contribution in [2.75, 3.05) is 0 Å². The fourth-order valence-electron chi connectivity index (χ4n) is 1.69. The Labute approximate surface area is 97.9 Å². The van der Waals surface area contributed by atoms with Crippen molar-refractivity contribution >= 4 is 5.97 Å². The van der Waals surface area contributed by atoms with Crippen LogP contribution in [0.3, 0.4) is 0 Å². The third-order valence-electron chi connectivity index (χ3n) is 2.40. The number of aryl methyl sites for hydroxylation is 1. The summed E-state index contributed by atoms with van der Waals surface area (Å²) in [4.78, 5) is 10.7. The van der Waals surface area contributed by atoms with Crippen LogP contribution in [0.25, 0.3) is 11.1 Å².